The summed E-state index contributed by atoms with van der Waals surface area (Å²) in [4.78, 5) is 4.67. The Morgan fingerprint density at radius 1 is 1.04 bits per heavy atom. The Balaban J connectivity index is 1.94. The lowest BCUT2D eigenvalue weighted by Gasteiger charge is -2.12. The highest BCUT2D eigenvalue weighted by Gasteiger charge is 2.12. The monoisotopic (exact) mass is 303 g/mol. The van der Waals surface area contributed by atoms with Gasteiger partial charge >= 0.3 is 0 Å². The zero-order valence-corrected chi connectivity index (χ0v) is 13.2. The third-order valence-corrected chi connectivity index (χ3v) is 3.95. The minimum Gasteiger partial charge on any atom is -0.438 e. The minimum atomic E-state index is 0.619. The number of para-hydroxylation sites is 2. The fourth-order valence-electron chi connectivity index (χ4n) is 2.82. The molecule has 2 aromatic heterocycles. The molecule has 4 heteroatoms. The van der Waals surface area contributed by atoms with Gasteiger partial charge in [0.1, 0.15) is 5.75 Å². The van der Waals surface area contributed by atoms with Gasteiger partial charge in [0.15, 0.2) is 5.65 Å². The Morgan fingerprint density at radius 2 is 1.83 bits per heavy atom. The van der Waals surface area contributed by atoms with E-state index in [9.17, 15) is 0 Å². The molecule has 0 aliphatic heterocycles. The van der Waals surface area contributed by atoms with Gasteiger partial charge in [-0.15, -0.1) is 0 Å². The first-order valence-electron chi connectivity index (χ1n) is 7.77. The number of ether oxygens (including phenoxy) is 1. The maximum atomic E-state index is 6.18. The zero-order valence-electron chi connectivity index (χ0n) is 13.2. The third-order valence-electron chi connectivity index (χ3n) is 3.95. The van der Waals surface area contributed by atoms with Crippen LogP contribution in [0.3, 0.4) is 0 Å². The van der Waals surface area contributed by atoms with Crippen molar-refractivity contribution in [3.8, 4) is 11.6 Å². The number of aryl methyl sites for hydroxylation is 2. The molecule has 4 aromatic rings. The molecule has 0 bridgehead atoms. The van der Waals surface area contributed by atoms with Gasteiger partial charge in [-0.2, -0.15) is 10.1 Å². The lowest BCUT2D eigenvalue weighted by atomic mass is 10.1. The molecule has 0 fully saturated rings. The van der Waals surface area contributed by atoms with E-state index in [2.05, 4.69) is 23.1 Å². The largest absolute Gasteiger partial charge is 0.438 e. The van der Waals surface area contributed by atoms with Crippen LogP contribution in [0.15, 0.2) is 54.6 Å². The number of nitrogens with zero attached hydrogens (tertiary/aromatic N) is 3. The molecule has 0 amide bonds. The summed E-state index contributed by atoms with van der Waals surface area (Å²) < 4.78 is 8.04. The summed E-state index contributed by atoms with van der Waals surface area (Å²) in [5.41, 5.74) is 3.90. The molecule has 0 spiro atoms. The molecule has 4 rings (SSSR count). The molecule has 0 unspecified atom stereocenters. The molecule has 2 heterocycles. The second-order valence-corrected chi connectivity index (χ2v) is 5.55. The summed E-state index contributed by atoms with van der Waals surface area (Å²) in [7, 11) is 0. The van der Waals surface area contributed by atoms with Gasteiger partial charge in [-0.3, -0.25) is 0 Å². The number of fused-ring (bicyclic) bond motifs is 3. The van der Waals surface area contributed by atoms with Gasteiger partial charge in [0, 0.05) is 6.07 Å². The number of hydrogen-bond acceptors (Lipinski definition) is 3. The van der Waals surface area contributed by atoms with E-state index in [0.29, 0.717) is 5.88 Å². The average molecular weight is 303 g/mol. The molecule has 0 N–H and O–H groups in total. The number of benzene rings is 2. The maximum Gasteiger partial charge on any atom is 0.230 e. The van der Waals surface area contributed by atoms with Crippen LogP contribution >= 0.6 is 0 Å². The zero-order chi connectivity index (χ0) is 15.8. The maximum absolute atomic E-state index is 6.18. The molecular formula is C19H17N3O. The van der Waals surface area contributed by atoms with Crippen LogP contribution in [0.1, 0.15) is 18.2 Å². The standard InChI is InChI=1S/C19H17N3O/c1-3-14-8-4-7-11-17(14)23-19-15-9-5-6-10-16(15)22-18(20-19)12-13(2)21-22/h4-12H,3H2,1-2H3. The molecule has 4 nitrogen and oxygen atoms in total. The number of aromatic nitrogens is 3. The van der Waals surface area contributed by atoms with Gasteiger partial charge in [0.25, 0.3) is 0 Å². The van der Waals surface area contributed by atoms with Crippen LogP contribution in [0, 0.1) is 6.92 Å². The van der Waals surface area contributed by atoms with Crippen LogP contribution in [0.2, 0.25) is 0 Å². The third kappa shape index (κ3) is 2.32. The van der Waals surface area contributed by atoms with Gasteiger partial charge in [-0.05, 0) is 37.1 Å². The van der Waals surface area contributed by atoms with Crippen molar-refractivity contribution in [2.24, 2.45) is 0 Å². The molecule has 2 aromatic carbocycles. The Morgan fingerprint density at radius 3 is 2.70 bits per heavy atom. The molecule has 23 heavy (non-hydrogen) atoms. The van der Waals surface area contributed by atoms with Crippen molar-refractivity contribution in [3.63, 3.8) is 0 Å². The molecule has 0 saturated carbocycles. The SMILES string of the molecule is CCc1ccccc1Oc1nc2cc(C)nn2c2ccccc12. The number of rotatable bonds is 3. The van der Waals surface area contributed by atoms with Crippen molar-refractivity contribution in [2.75, 3.05) is 0 Å². The predicted octanol–water partition coefficient (Wildman–Crippen LogP) is 4.55. The van der Waals surface area contributed by atoms with E-state index in [-0.39, 0.29) is 0 Å². The Hall–Kier alpha value is -2.88. The first kappa shape index (κ1) is 13.8. The quantitative estimate of drug-likeness (QED) is 0.557. The summed E-state index contributed by atoms with van der Waals surface area (Å²) in [6.07, 6.45) is 0.919. The first-order valence-corrected chi connectivity index (χ1v) is 7.77. The van der Waals surface area contributed by atoms with Crippen LogP contribution in [-0.2, 0) is 6.42 Å². The minimum absolute atomic E-state index is 0.619. The molecule has 0 atom stereocenters. The van der Waals surface area contributed by atoms with Crippen LogP contribution in [-0.4, -0.2) is 14.6 Å². The van der Waals surface area contributed by atoms with Crippen molar-refractivity contribution in [1.82, 2.24) is 14.6 Å². The molecule has 0 aliphatic carbocycles. The summed E-state index contributed by atoms with van der Waals surface area (Å²) in [5, 5.41) is 5.47. The van der Waals surface area contributed by atoms with E-state index >= 15 is 0 Å². The van der Waals surface area contributed by atoms with Gasteiger partial charge in [-0.1, -0.05) is 37.3 Å². The molecular weight excluding hydrogens is 286 g/mol. The van der Waals surface area contributed by atoms with E-state index in [1.807, 2.05) is 60.0 Å². The Kier molecular flexibility index (Phi) is 3.23. The fraction of sp³-hybridized carbons (Fsp3) is 0.158. The summed E-state index contributed by atoms with van der Waals surface area (Å²) in [5.74, 6) is 1.47. The Bertz CT molecular complexity index is 1000. The van der Waals surface area contributed by atoms with Gasteiger partial charge in [-0.25, -0.2) is 4.52 Å². The predicted molar refractivity (Wildman–Crippen MR) is 91.1 cm³/mol. The molecule has 0 saturated heterocycles. The highest BCUT2D eigenvalue weighted by molar-refractivity contribution is 5.86. The topological polar surface area (TPSA) is 39.4 Å². The highest BCUT2D eigenvalue weighted by Crippen LogP contribution is 2.31. The highest BCUT2D eigenvalue weighted by atomic mass is 16.5. The molecule has 114 valence electrons. The van der Waals surface area contributed by atoms with Crippen LogP contribution in [0.4, 0.5) is 0 Å². The second kappa shape index (κ2) is 5.39. The van der Waals surface area contributed by atoms with Crippen molar-refractivity contribution >= 4 is 16.6 Å². The van der Waals surface area contributed by atoms with Crippen molar-refractivity contribution in [2.45, 2.75) is 20.3 Å². The van der Waals surface area contributed by atoms with E-state index in [4.69, 9.17) is 4.74 Å². The van der Waals surface area contributed by atoms with Crippen molar-refractivity contribution in [3.05, 3.63) is 65.9 Å². The van der Waals surface area contributed by atoms with Crippen molar-refractivity contribution < 1.29 is 4.74 Å². The second-order valence-electron chi connectivity index (χ2n) is 5.55. The summed E-state index contributed by atoms with van der Waals surface area (Å²) in [6, 6.07) is 18.1. The van der Waals surface area contributed by atoms with Crippen LogP contribution in [0.5, 0.6) is 11.6 Å². The Labute approximate surface area is 134 Å². The summed E-state index contributed by atoms with van der Waals surface area (Å²) >= 11 is 0. The van der Waals surface area contributed by atoms with E-state index in [1.165, 1.54) is 5.56 Å². The lowest BCUT2D eigenvalue weighted by Crippen LogP contribution is -1.98. The van der Waals surface area contributed by atoms with E-state index in [0.717, 1.165) is 34.4 Å². The lowest BCUT2D eigenvalue weighted by molar-refractivity contribution is 0.464. The van der Waals surface area contributed by atoms with Crippen molar-refractivity contribution in [1.29, 1.82) is 0 Å². The van der Waals surface area contributed by atoms with E-state index < -0.39 is 0 Å². The van der Waals surface area contributed by atoms with Gasteiger partial charge in [0.05, 0.1) is 16.6 Å². The summed E-state index contributed by atoms with van der Waals surface area (Å²) in [6.45, 7) is 4.09. The van der Waals surface area contributed by atoms with Gasteiger partial charge in [0.2, 0.25) is 5.88 Å². The number of hydrogen-bond donors (Lipinski definition) is 0. The molecule has 0 radical (unpaired) electrons. The molecule has 0 aliphatic rings. The van der Waals surface area contributed by atoms with Crippen LogP contribution in [0.25, 0.3) is 16.6 Å². The average Bonchev–Trinajstić information content (AvgIpc) is 2.96. The van der Waals surface area contributed by atoms with Gasteiger partial charge < -0.3 is 4.74 Å². The fourth-order valence-corrected chi connectivity index (χ4v) is 2.82. The first-order chi connectivity index (χ1) is 11.3. The smallest absolute Gasteiger partial charge is 0.230 e. The van der Waals surface area contributed by atoms with Crippen LogP contribution < -0.4 is 4.74 Å². The van der Waals surface area contributed by atoms with E-state index in [1.54, 1.807) is 0 Å². The normalized spacial score (nSPS) is 11.2.